The van der Waals surface area contributed by atoms with Gasteiger partial charge in [0.2, 0.25) is 0 Å². The summed E-state index contributed by atoms with van der Waals surface area (Å²) in [6.45, 7) is 2.19. The van der Waals surface area contributed by atoms with E-state index in [4.69, 9.17) is 8.83 Å². The van der Waals surface area contributed by atoms with Crippen LogP contribution in [0.5, 0.6) is 0 Å². The SMILES string of the molecule is Cc1ccccc1N(c1ccc2c3c(cccc13)C(c1ccccc1)(c1ccccc1)c1ccc3c(oc4ccccc43)c1-2)c1cccc2c1oc1ccccc12. The second-order valence-electron chi connectivity index (χ2n) is 15.2. The molecule has 2 aromatic heterocycles. The Morgan fingerprint density at radius 2 is 0.947 bits per heavy atom. The van der Waals surface area contributed by atoms with Crippen molar-refractivity contribution in [2.75, 3.05) is 4.90 Å². The fraction of sp³-hybridized carbons (Fsp3) is 0.0370. The van der Waals surface area contributed by atoms with Crippen LogP contribution in [0.3, 0.4) is 0 Å². The molecule has 0 saturated heterocycles. The molecule has 12 rings (SSSR count). The fourth-order valence-electron chi connectivity index (χ4n) is 9.90. The highest BCUT2D eigenvalue weighted by Gasteiger charge is 2.45. The van der Waals surface area contributed by atoms with Crippen LogP contribution < -0.4 is 4.90 Å². The van der Waals surface area contributed by atoms with E-state index < -0.39 is 5.41 Å². The zero-order chi connectivity index (χ0) is 37.7. The van der Waals surface area contributed by atoms with Crippen molar-refractivity contribution in [3.8, 4) is 11.1 Å². The third kappa shape index (κ3) is 4.37. The molecule has 1 aliphatic carbocycles. The Hall–Kier alpha value is -7.36. The molecule has 0 saturated carbocycles. The topological polar surface area (TPSA) is 29.5 Å². The largest absolute Gasteiger partial charge is 0.455 e. The quantitative estimate of drug-likeness (QED) is 0.177. The number of nitrogens with zero attached hydrogens (tertiary/aromatic N) is 1. The second kappa shape index (κ2) is 12.1. The number of hydrogen-bond donors (Lipinski definition) is 0. The molecule has 0 spiro atoms. The Labute approximate surface area is 329 Å². The molecule has 0 amide bonds. The van der Waals surface area contributed by atoms with Crippen molar-refractivity contribution in [3.63, 3.8) is 0 Å². The van der Waals surface area contributed by atoms with Gasteiger partial charge in [-0.15, -0.1) is 0 Å². The average molecular weight is 730 g/mol. The van der Waals surface area contributed by atoms with Crippen LogP contribution in [0, 0.1) is 6.92 Å². The van der Waals surface area contributed by atoms with Gasteiger partial charge in [0.25, 0.3) is 0 Å². The van der Waals surface area contributed by atoms with Gasteiger partial charge in [0, 0.05) is 38.2 Å². The summed E-state index contributed by atoms with van der Waals surface area (Å²) >= 11 is 0. The normalized spacial score (nSPS) is 13.1. The van der Waals surface area contributed by atoms with E-state index in [1.807, 2.05) is 6.07 Å². The first kappa shape index (κ1) is 31.9. The molecule has 0 radical (unpaired) electrons. The Kier molecular flexibility index (Phi) is 6.76. The van der Waals surface area contributed by atoms with E-state index in [1.54, 1.807) is 0 Å². The van der Waals surface area contributed by atoms with Gasteiger partial charge in [-0.2, -0.15) is 0 Å². The lowest BCUT2D eigenvalue weighted by molar-refractivity contribution is 0.666. The fourth-order valence-corrected chi connectivity index (χ4v) is 9.90. The van der Waals surface area contributed by atoms with E-state index in [-0.39, 0.29) is 0 Å². The smallest absolute Gasteiger partial charge is 0.159 e. The summed E-state index contributed by atoms with van der Waals surface area (Å²) in [7, 11) is 0. The standard InChI is InChI=1S/C54H35NO2/c1-34-16-8-11-26-45(34)55(47-27-15-23-39-37-21-9-12-28-48(37)56-52(39)47)46-33-31-42-50-41(46)24-14-25-43(50)54(35-17-4-2-5-18-35,36-19-6-3-7-20-36)44-32-30-40-38-22-10-13-29-49(38)57-53(40)51(42)44/h2-33H,1H3. The summed E-state index contributed by atoms with van der Waals surface area (Å²) < 4.78 is 13.7. The Morgan fingerprint density at radius 3 is 1.67 bits per heavy atom. The van der Waals surface area contributed by atoms with Crippen LogP contribution >= 0.6 is 0 Å². The zero-order valence-electron chi connectivity index (χ0n) is 31.2. The molecule has 3 nitrogen and oxygen atoms in total. The van der Waals surface area contributed by atoms with E-state index in [0.717, 1.165) is 77.5 Å². The first-order valence-electron chi connectivity index (χ1n) is 19.6. The highest BCUT2D eigenvalue weighted by molar-refractivity contribution is 6.19. The second-order valence-corrected chi connectivity index (χ2v) is 15.2. The lowest BCUT2D eigenvalue weighted by atomic mass is 9.59. The molecule has 1 aliphatic rings. The number of para-hydroxylation sites is 4. The minimum absolute atomic E-state index is 0.650. The van der Waals surface area contributed by atoms with E-state index in [0.29, 0.717) is 0 Å². The molecule has 0 bridgehead atoms. The molecule has 0 N–H and O–H groups in total. The maximum absolute atomic E-state index is 6.95. The Morgan fingerprint density at radius 1 is 0.386 bits per heavy atom. The Balaban J connectivity index is 1.26. The maximum atomic E-state index is 6.95. The average Bonchev–Trinajstić information content (AvgIpc) is 3.85. The molecule has 11 aromatic rings. The van der Waals surface area contributed by atoms with Crippen LogP contribution in [0.25, 0.3) is 65.8 Å². The maximum Gasteiger partial charge on any atom is 0.159 e. The first-order chi connectivity index (χ1) is 28.2. The molecule has 57 heavy (non-hydrogen) atoms. The van der Waals surface area contributed by atoms with Crippen molar-refractivity contribution in [2.24, 2.45) is 0 Å². The van der Waals surface area contributed by atoms with E-state index in [9.17, 15) is 0 Å². The summed E-state index contributed by atoms with van der Waals surface area (Å²) in [6, 6.07) is 70.1. The van der Waals surface area contributed by atoms with Crippen LogP contribution in [-0.4, -0.2) is 0 Å². The summed E-state index contributed by atoms with van der Waals surface area (Å²) in [5.41, 5.74) is 14.4. The van der Waals surface area contributed by atoms with Gasteiger partial charge in [-0.25, -0.2) is 0 Å². The van der Waals surface area contributed by atoms with Gasteiger partial charge < -0.3 is 13.7 Å². The number of fused-ring (bicyclic) bond motifs is 9. The van der Waals surface area contributed by atoms with Gasteiger partial charge >= 0.3 is 0 Å². The first-order valence-corrected chi connectivity index (χ1v) is 19.6. The predicted octanol–water partition coefficient (Wildman–Crippen LogP) is 14.8. The van der Waals surface area contributed by atoms with E-state index in [1.165, 1.54) is 33.2 Å². The molecule has 0 aliphatic heterocycles. The minimum Gasteiger partial charge on any atom is -0.455 e. The van der Waals surface area contributed by atoms with Crippen LogP contribution in [-0.2, 0) is 5.41 Å². The third-order valence-corrected chi connectivity index (χ3v) is 12.3. The molecule has 2 heterocycles. The number of benzene rings is 9. The number of anilines is 3. The summed E-state index contributed by atoms with van der Waals surface area (Å²) in [4.78, 5) is 2.41. The van der Waals surface area contributed by atoms with Crippen LogP contribution in [0.4, 0.5) is 17.1 Å². The molecular weight excluding hydrogens is 695 g/mol. The number of furan rings is 2. The van der Waals surface area contributed by atoms with Crippen molar-refractivity contribution in [1.82, 2.24) is 0 Å². The van der Waals surface area contributed by atoms with Gasteiger partial charge in [0.05, 0.1) is 16.8 Å². The molecule has 0 fully saturated rings. The van der Waals surface area contributed by atoms with Crippen molar-refractivity contribution in [3.05, 3.63) is 222 Å². The zero-order valence-corrected chi connectivity index (χ0v) is 31.2. The number of hydrogen-bond acceptors (Lipinski definition) is 3. The van der Waals surface area contributed by atoms with Crippen molar-refractivity contribution in [1.29, 1.82) is 0 Å². The Bertz CT molecular complexity index is 3330. The van der Waals surface area contributed by atoms with Crippen LogP contribution in [0.15, 0.2) is 203 Å². The van der Waals surface area contributed by atoms with Crippen LogP contribution in [0.1, 0.15) is 27.8 Å². The van der Waals surface area contributed by atoms with Gasteiger partial charge in [-0.1, -0.05) is 164 Å². The lowest BCUT2D eigenvalue weighted by Crippen LogP contribution is -2.34. The monoisotopic (exact) mass is 729 g/mol. The van der Waals surface area contributed by atoms with Crippen molar-refractivity contribution in [2.45, 2.75) is 12.3 Å². The van der Waals surface area contributed by atoms with Crippen molar-refractivity contribution >= 4 is 71.7 Å². The van der Waals surface area contributed by atoms with Gasteiger partial charge in [0.15, 0.2) is 5.58 Å². The van der Waals surface area contributed by atoms with Crippen LogP contribution in [0.2, 0.25) is 0 Å². The summed E-state index contributed by atoms with van der Waals surface area (Å²) in [5, 5.41) is 6.80. The van der Waals surface area contributed by atoms with Gasteiger partial charge in [-0.3, -0.25) is 0 Å². The minimum atomic E-state index is -0.650. The lowest BCUT2D eigenvalue weighted by Gasteiger charge is -2.42. The summed E-state index contributed by atoms with van der Waals surface area (Å²) in [6.07, 6.45) is 0. The predicted molar refractivity (Wildman–Crippen MR) is 235 cm³/mol. The molecule has 0 unspecified atom stereocenters. The summed E-state index contributed by atoms with van der Waals surface area (Å²) in [5.74, 6) is 0. The van der Waals surface area contributed by atoms with E-state index >= 15 is 0 Å². The molecule has 0 atom stereocenters. The molecular formula is C54H35NO2. The van der Waals surface area contributed by atoms with Gasteiger partial charge in [0.1, 0.15) is 16.7 Å². The third-order valence-electron chi connectivity index (χ3n) is 12.3. The highest BCUT2D eigenvalue weighted by atomic mass is 16.3. The van der Waals surface area contributed by atoms with Gasteiger partial charge in [-0.05, 0) is 76.0 Å². The van der Waals surface area contributed by atoms with E-state index in [2.05, 4.69) is 200 Å². The number of aryl methyl sites for hydroxylation is 1. The number of rotatable bonds is 5. The highest BCUT2D eigenvalue weighted by Crippen LogP contribution is 2.59. The molecule has 9 aromatic carbocycles. The van der Waals surface area contributed by atoms with Crippen molar-refractivity contribution < 1.29 is 8.83 Å². The molecule has 3 heteroatoms. The molecule has 268 valence electrons.